The molecule has 1 atom stereocenters. The first kappa shape index (κ1) is 23.4. The predicted octanol–water partition coefficient (Wildman–Crippen LogP) is 4.68. The third kappa shape index (κ3) is 5.22. The van der Waals surface area contributed by atoms with Gasteiger partial charge >= 0.3 is 6.18 Å². The van der Waals surface area contributed by atoms with Crippen molar-refractivity contribution in [3.8, 4) is 0 Å². The highest BCUT2D eigenvalue weighted by Crippen LogP contribution is 2.42. The topological polar surface area (TPSA) is 15.3 Å². The van der Waals surface area contributed by atoms with Crippen molar-refractivity contribution in [2.45, 2.75) is 33.0 Å². The van der Waals surface area contributed by atoms with Gasteiger partial charge in [-0.15, -0.1) is 24.8 Å². The lowest BCUT2D eigenvalue weighted by molar-refractivity contribution is -0.140. The summed E-state index contributed by atoms with van der Waals surface area (Å²) in [4.78, 5) is 2.06. The maximum atomic E-state index is 14.5. The van der Waals surface area contributed by atoms with Gasteiger partial charge in [-0.05, 0) is 11.5 Å². The number of alkyl halides is 3. The fourth-order valence-electron chi connectivity index (χ4n) is 3.13. The van der Waals surface area contributed by atoms with Gasteiger partial charge in [-0.2, -0.15) is 13.2 Å². The number of nitrogens with zero attached hydrogens (tertiary/aromatic N) is 1. The minimum atomic E-state index is -4.67. The fraction of sp³-hybridized carbons (Fsp3) is 0.625. The molecule has 140 valence electrons. The highest BCUT2D eigenvalue weighted by Gasteiger charge is 2.39. The van der Waals surface area contributed by atoms with Crippen molar-refractivity contribution in [3.63, 3.8) is 0 Å². The molecule has 1 aliphatic rings. The molecule has 1 heterocycles. The highest BCUT2D eigenvalue weighted by molar-refractivity contribution is 5.85. The smallest absolute Gasteiger partial charge is 0.314 e. The van der Waals surface area contributed by atoms with Crippen LogP contribution in [0.15, 0.2) is 18.2 Å². The number of benzene rings is 1. The van der Waals surface area contributed by atoms with Gasteiger partial charge in [0.2, 0.25) is 0 Å². The fourth-order valence-corrected chi connectivity index (χ4v) is 3.13. The van der Waals surface area contributed by atoms with E-state index in [0.717, 1.165) is 19.2 Å². The Morgan fingerprint density at radius 2 is 1.58 bits per heavy atom. The van der Waals surface area contributed by atoms with Gasteiger partial charge < -0.3 is 5.32 Å². The van der Waals surface area contributed by atoms with Crippen molar-refractivity contribution in [1.82, 2.24) is 10.2 Å². The lowest BCUT2D eigenvalue weighted by Gasteiger charge is -2.42. The van der Waals surface area contributed by atoms with Crippen LogP contribution in [-0.2, 0) is 6.18 Å². The molecule has 1 aliphatic heterocycles. The molecule has 0 aliphatic carbocycles. The van der Waals surface area contributed by atoms with Gasteiger partial charge in [0.15, 0.2) is 0 Å². The summed E-state index contributed by atoms with van der Waals surface area (Å²) in [6.07, 6.45) is -4.67. The van der Waals surface area contributed by atoms with Gasteiger partial charge in [-0.25, -0.2) is 4.39 Å². The third-order valence-corrected chi connectivity index (χ3v) is 3.97. The van der Waals surface area contributed by atoms with Crippen LogP contribution in [0.5, 0.6) is 0 Å². The van der Waals surface area contributed by atoms with E-state index in [1.807, 2.05) is 20.8 Å². The van der Waals surface area contributed by atoms with Crippen LogP contribution in [-0.4, -0.2) is 31.1 Å². The van der Waals surface area contributed by atoms with E-state index in [0.29, 0.717) is 13.1 Å². The first-order valence-electron chi connectivity index (χ1n) is 7.43. The van der Waals surface area contributed by atoms with Crippen LogP contribution < -0.4 is 5.32 Å². The van der Waals surface area contributed by atoms with E-state index in [-0.39, 0.29) is 35.8 Å². The average molecular weight is 391 g/mol. The molecule has 1 aromatic rings. The van der Waals surface area contributed by atoms with Crippen LogP contribution in [0.1, 0.15) is 37.9 Å². The zero-order chi connectivity index (χ0) is 16.5. The van der Waals surface area contributed by atoms with Gasteiger partial charge in [0, 0.05) is 37.8 Å². The van der Waals surface area contributed by atoms with E-state index < -0.39 is 23.6 Å². The molecule has 2 rings (SSSR count). The molecule has 2 nitrogen and oxygen atoms in total. The van der Waals surface area contributed by atoms with Crippen LogP contribution in [0.25, 0.3) is 0 Å². The second-order valence-electron chi connectivity index (χ2n) is 6.76. The lowest BCUT2D eigenvalue weighted by Crippen LogP contribution is -2.48. The molecule has 0 unspecified atom stereocenters. The second-order valence-corrected chi connectivity index (χ2v) is 6.76. The van der Waals surface area contributed by atoms with Crippen molar-refractivity contribution >= 4 is 24.8 Å². The maximum absolute atomic E-state index is 14.5. The molecule has 0 radical (unpaired) electrons. The van der Waals surface area contributed by atoms with Crippen LogP contribution in [0.2, 0.25) is 0 Å². The Labute approximate surface area is 152 Å². The average Bonchev–Trinajstić information content (AvgIpc) is 2.39. The summed E-state index contributed by atoms with van der Waals surface area (Å²) >= 11 is 0. The Kier molecular flexibility index (Phi) is 8.49. The Balaban J connectivity index is 0.00000264. The van der Waals surface area contributed by atoms with Crippen molar-refractivity contribution in [3.05, 3.63) is 35.1 Å². The van der Waals surface area contributed by atoms with Gasteiger partial charge in [0.05, 0.1) is 5.56 Å². The molecule has 1 saturated heterocycles. The van der Waals surface area contributed by atoms with Gasteiger partial charge in [0.1, 0.15) is 5.82 Å². The van der Waals surface area contributed by atoms with Gasteiger partial charge in [-0.1, -0.05) is 32.9 Å². The molecule has 8 heteroatoms. The van der Waals surface area contributed by atoms with Crippen LogP contribution >= 0.6 is 24.8 Å². The zero-order valence-corrected chi connectivity index (χ0v) is 15.5. The normalized spacial score (nSPS) is 17.6. The summed E-state index contributed by atoms with van der Waals surface area (Å²) in [7, 11) is 0. The van der Waals surface area contributed by atoms with E-state index in [9.17, 15) is 17.6 Å². The Hall–Kier alpha value is -0.560. The number of piperazine rings is 1. The molecule has 1 N–H and O–H groups in total. The Morgan fingerprint density at radius 3 is 2.04 bits per heavy atom. The number of halogens is 6. The van der Waals surface area contributed by atoms with Gasteiger partial charge in [-0.3, -0.25) is 4.90 Å². The molecule has 0 saturated carbocycles. The summed E-state index contributed by atoms with van der Waals surface area (Å²) in [6.45, 7) is 8.69. The van der Waals surface area contributed by atoms with Crippen molar-refractivity contribution < 1.29 is 17.6 Å². The Bertz CT molecular complexity index is 524. The number of hydrogen-bond acceptors (Lipinski definition) is 2. The minimum absolute atomic E-state index is 0. The standard InChI is InChI=1S/C16H22F4N2.2ClH/c1-15(2,3)14(22-9-7-21-8-10-22)11-5-4-6-12(13(11)17)16(18,19)20;;/h4-6,14,21H,7-10H2,1-3H3;2*1H/t14-;;/m0../s1. The van der Waals surface area contributed by atoms with Crippen molar-refractivity contribution in [2.24, 2.45) is 5.41 Å². The Morgan fingerprint density at radius 1 is 1.04 bits per heavy atom. The quantitative estimate of drug-likeness (QED) is 0.737. The van der Waals surface area contributed by atoms with Gasteiger partial charge in [0.25, 0.3) is 0 Å². The second kappa shape index (κ2) is 8.70. The summed E-state index contributed by atoms with van der Waals surface area (Å²) in [6, 6.07) is 3.18. The van der Waals surface area contributed by atoms with Crippen LogP contribution in [0.4, 0.5) is 17.6 Å². The molecule has 0 aromatic heterocycles. The van der Waals surface area contributed by atoms with E-state index in [1.165, 1.54) is 12.1 Å². The number of nitrogens with one attached hydrogen (secondary N) is 1. The van der Waals surface area contributed by atoms with E-state index in [1.54, 1.807) is 0 Å². The third-order valence-electron chi connectivity index (χ3n) is 3.97. The van der Waals surface area contributed by atoms with E-state index in [4.69, 9.17) is 0 Å². The van der Waals surface area contributed by atoms with Crippen LogP contribution in [0.3, 0.4) is 0 Å². The molecule has 0 spiro atoms. The molecule has 24 heavy (non-hydrogen) atoms. The van der Waals surface area contributed by atoms with E-state index >= 15 is 0 Å². The highest BCUT2D eigenvalue weighted by atomic mass is 35.5. The number of hydrogen-bond donors (Lipinski definition) is 1. The first-order chi connectivity index (χ1) is 10.1. The predicted molar refractivity (Wildman–Crippen MR) is 92.5 cm³/mol. The zero-order valence-electron chi connectivity index (χ0n) is 13.9. The molecular formula is C16H24Cl2F4N2. The first-order valence-corrected chi connectivity index (χ1v) is 7.43. The lowest BCUT2D eigenvalue weighted by atomic mass is 9.80. The monoisotopic (exact) mass is 390 g/mol. The SMILES string of the molecule is CC(C)(C)[C@H](c1cccc(C(F)(F)F)c1F)N1CCNCC1.Cl.Cl. The van der Waals surface area contributed by atoms with E-state index in [2.05, 4.69) is 10.2 Å². The molecular weight excluding hydrogens is 367 g/mol. The molecule has 1 aromatic carbocycles. The largest absolute Gasteiger partial charge is 0.419 e. The summed E-state index contributed by atoms with van der Waals surface area (Å²) in [5, 5.41) is 3.21. The molecule has 0 amide bonds. The maximum Gasteiger partial charge on any atom is 0.419 e. The summed E-state index contributed by atoms with van der Waals surface area (Å²) < 4.78 is 53.4. The molecule has 1 fully saturated rings. The minimum Gasteiger partial charge on any atom is -0.314 e. The van der Waals surface area contributed by atoms with Crippen molar-refractivity contribution in [1.29, 1.82) is 0 Å². The summed E-state index contributed by atoms with van der Waals surface area (Å²) in [5.74, 6) is -1.14. The van der Waals surface area contributed by atoms with Crippen molar-refractivity contribution in [2.75, 3.05) is 26.2 Å². The van der Waals surface area contributed by atoms with Crippen LogP contribution in [0, 0.1) is 11.2 Å². The number of rotatable bonds is 2. The molecule has 0 bridgehead atoms. The summed E-state index contributed by atoms with van der Waals surface area (Å²) in [5.41, 5.74) is -1.43.